The maximum atomic E-state index is 14.3. The molecular formula is C36H46FN7O5. The predicted molar refractivity (Wildman–Crippen MR) is 182 cm³/mol. The molecule has 2 amide bonds. The van der Waals surface area contributed by atoms with Gasteiger partial charge in [-0.05, 0) is 71.2 Å². The maximum absolute atomic E-state index is 14.3. The summed E-state index contributed by atoms with van der Waals surface area (Å²) >= 11 is 0. The minimum atomic E-state index is -0.503. The van der Waals surface area contributed by atoms with Gasteiger partial charge < -0.3 is 29.3 Å². The van der Waals surface area contributed by atoms with E-state index in [-0.39, 0.29) is 40.9 Å². The number of hydrogen-bond acceptors (Lipinski definition) is 10. The number of carbonyl (C=O) groups excluding carboxylic acids is 2. The number of pyridine rings is 1. The first-order chi connectivity index (χ1) is 23.7. The van der Waals surface area contributed by atoms with Crippen molar-refractivity contribution in [3.05, 3.63) is 65.6 Å². The maximum Gasteiger partial charge on any atom is 0.407 e. The Morgan fingerprint density at radius 1 is 1.12 bits per heavy atom. The lowest BCUT2D eigenvalue weighted by Crippen LogP contribution is -2.65. The van der Waals surface area contributed by atoms with Crippen LogP contribution in [0.1, 0.15) is 68.6 Å². The van der Waals surface area contributed by atoms with Crippen LogP contribution >= 0.6 is 0 Å². The van der Waals surface area contributed by atoms with Gasteiger partial charge in [-0.3, -0.25) is 14.7 Å². The molecule has 1 spiro atoms. The molecule has 2 fully saturated rings. The van der Waals surface area contributed by atoms with Crippen molar-refractivity contribution in [1.82, 2.24) is 30.1 Å². The average Bonchev–Trinajstić information content (AvgIpc) is 3.05. The van der Waals surface area contributed by atoms with Crippen LogP contribution in [-0.2, 0) is 17.7 Å². The number of nitrogens with zero attached hydrogens (tertiary/aromatic N) is 6. The van der Waals surface area contributed by atoms with Crippen LogP contribution in [0, 0.1) is 11.2 Å². The lowest BCUT2D eigenvalue weighted by Gasteiger charge is -2.59. The van der Waals surface area contributed by atoms with E-state index in [0.29, 0.717) is 31.3 Å². The molecular weight excluding hydrogens is 629 g/mol. The summed E-state index contributed by atoms with van der Waals surface area (Å²) in [5, 5.41) is 2.79. The Balaban J connectivity index is 1.04. The predicted octanol–water partition coefficient (Wildman–Crippen LogP) is 5.22. The highest BCUT2D eigenvalue weighted by molar-refractivity contribution is 5.97. The van der Waals surface area contributed by atoms with E-state index < -0.39 is 5.82 Å². The van der Waals surface area contributed by atoms with E-state index in [2.05, 4.69) is 30.1 Å². The largest absolute Gasteiger partial charge is 0.490 e. The fraction of sp³-hybridized carbons (Fsp3) is 0.528. The van der Waals surface area contributed by atoms with Crippen LogP contribution < -0.4 is 19.7 Å². The number of fused-ring (bicyclic) bond motifs is 1. The zero-order valence-electron chi connectivity index (χ0n) is 28.8. The van der Waals surface area contributed by atoms with Crippen LogP contribution in [0.25, 0.3) is 0 Å². The van der Waals surface area contributed by atoms with E-state index in [1.165, 1.54) is 24.5 Å². The van der Waals surface area contributed by atoms with Gasteiger partial charge in [0.2, 0.25) is 0 Å². The number of ether oxygens (including phenoxy) is 3. The lowest BCUT2D eigenvalue weighted by atomic mass is 9.61. The molecule has 3 aromatic rings. The third-order valence-corrected chi connectivity index (χ3v) is 9.59. The number of rotatable bonds is 13. The van der Waals surface area contributed by atoms with Crippen molar-refractivity contribution in [3.63, 3.8) is 0 Å². The number of hydrogen-bond donors (Lipinski definition) is 1. The molecule has 0 bridgehead atoms. The molecule has 262 valence electrons. The summed E-state index contributed by atoms with van der Waals surface area (Å²) in [5.41, 5.74) is 2.54. The Morgan fingerprint density at radius 2 is 1.94 bits per heavy atom. The Morgan fingerprint density at radius 3 is 2.69 bits per heavy atom. The number of nitrogens with one attached hydrogen (secondary N) is 1. The summed E-state index contributed by atoms with van der Waals surface area (Å²) < 4.78 is 32.0. The molecule has 1 N–H and O–H groups in total. The van der Waals surface area contributed by atoms with Crippen LogP contribution in [0.3, 0.4) is 0 Å². The fourth-order valence-electron chi connectivity index (χ4n) is 7.18. The molecule has 1 aliphatic carbocycles. The van der Waals surface area contributed by atoms with Crippen molar-refractivity contribution < 1.29 is 28.2 Å². The second-order valence-corrected chi connectivity index (χ2v) is 13.4. The molecule has 0 unspecified atom stereocenters. The number of carbonyl (C=O) groups is 2. The number of amides is 2. The topological polar surface area (TPSA) is 122 Å². The molecule has 1 saturated heterocycles. The minimum absolute atomic E-state index is 0.0478. The molecule has 6 rings (SSSR count). The first-order valence-corrected chi connectivity index (χ1v) is 17.3. The Hall–Kier alpha value is -4.52. The first-order valence-electron chi connectivity index (χ1n) is 17.3. The van der Waals surface area contributed by atoms with E-state index in [1.807, 2.05) is 33.0 Å². The van der Waals surface area contributed by atoms with Gasteiger partial charge in [0.05, 0.1) is 18.4 Å². The SMILES string of the molecule is CCOC(=O)NCCCN1CCc2nccc(OC3CC4(C3)CN(c3ncncc3Oc3ccc(F)cc3C(=O)N(CC)C(C)C)C4)c2C1. The van der Waals surface area contributed by atoms with E-state index in [9.17, 15) is 14.0 Å². The van der Waals surface area contributed by atoms with Crippen molar-refractivity contribution >= 4 is 17.8 Å². The lowest BCUT2D eigenvalue weighted by molar-refractivity contribution is -0.0352. The van der Waals surface area contributed by atoms with E-state index in [1.54, 1.807) is 18.0 Å². The normalized spacial score (nSPS) is 16.8. The summed E-state index contributed by atoms with van der Waals surface area (Å²) in [4.78, 5) is 44.5. The van der Waals surface area contributed by atoms with Gasteiger partial charge in [0, 0.05) is 81.1 Å². The van der Waals surface area contributed by atoms with E-state index >= 15 is 0 Å². The molecule has 0 atom stereocenters. The van der Waals surface area contributed by atoms with Crippen molar-refractivity contribution in [2.75, 3.05) is 50.8 Å². The number of aromatic nitrogens is 3. The zero-order valence-corrected chi connectivity index (χ0v) is 28.8. The molecule has 49 heavy (non-hydrogen) atoms. The Kier molecular flexibility index (Phi) is 10.5. The van der Waals surface area contributed by atoms with Crippen LogP contribution in [0.2, 0.25) is 0 Å². The molecule has 2 aliphatic heterocycles. The molecule has 0 radical (unpaired) electrons. The first kappa shape index (κ1) is 34.3. The number of benzene rings is 1. The van der Waals surface area contributed by atoms with Crippen molar-refractivity contribution in [2.45, 2.75) is 72.1 Å². The van der Waals surface area contributed by atoms with Gasteiger partial charge in [0.15, 0.2) is 11.6 Å². The van der Waals surface area contributed by atoms with Gasteiger partial charge in [-0.1, -0.05) is 0 Å². The number of anilines is 1. The standard InChI is InChI=1S/C36H46FN7O5/c1-5-44(24(3)4)34(45)27-16-25(37)8-9-30(27)49-32-19-38-23-41-33(32)43-21-36(22-43)17-26(18-36)48-31-10-13-39-29-11-15-42(20-28(29)31)14-7-12-40-35(46)47-6-2/h8-10,13,16,19,23-24,26H,5-7,11-12,14-15,17-18,20-22H2,1-4H3,(H,40,46). The van der Waals surface area contributed by atoms with Gasteiger partial charge in [0.25, 0.3) is 5.91 Å². The van der Waals surface area contributed by atoms with Crippen LogP contribution in [-0.4, -0.2) is 94.8 Å². The van der Waals surface area contributed by atoms with E-state index in [0.717, 1.165) is 75.4 Å². The molecule has 1 saturated carbocycles. The summed E-state index contributed by atoms with van der Waals surface area (Å²) in [5.74, 6) is 1.44. The second-order valence-electron chi connectivity index (χ2n) is 13.4. The van der Waals surface area contributed by atoms with Gasteiger partial charge in [-0.25, -0.2) is 19.2 Å². The quantitative estimate of drug-likeness (QED) is 0.242. The molecule has 12 nitrogen and oxygen atoms in total. The third-order valence-electron chi connectivity index (χ3n) is 9.59. The second kappa shape index (κ2) is 14.9. The zero-order chi connectivity index (χ0) is 34.5. The third kappa shape index (κ3) is 7.71. The fourth-order valence-corrected chi connectivity index (χ4v) is 7.18. The van der Waals surface area contributed by atoms with Gasteiger partial charge >= 0.3 is 6.09 Å². The van der Waals surface area contributed by atoms with Crippen LogP contribution in [0.5, 0.6) is 17.2 Å². The molecule has 13 heteroatoms. The smallest absolute Gasteiger partial charge is 0.407 e. The Bertz CT molecular complexity index is 1640. The average molecular weight is 676 g/mol. The van der Waals surface area contributed by atoms with E-state index in [4.69, 9.17) is 14.2 Å². The summed E-state index contributed by atoms with van der Waals surface area (Å²) in [6.45, 7) is 13.1. The monoisotopic (exact) mass is 675 g/mol. The highest BCUT2D eigenvalue weighted by Crippen LogP contribution is 2.52. The van der Waals surface area contributed by atoms with Crippen LogP contribution in [0.4, 0.5) is 15.0 Å². The molecule has 4 heterocycles. The number of alkyl carbamates (subject to hydrolysis) is 1. The summed E-state index contributed by atoms with van der Waals surface area (Å²) in [7, 11) is 0. The van der Waals surface area contributed by atoms with Gasteiger partial charge in [-0.2, -0.15) is 0 Å². The molecule has 3 aliphatic rings. The van der Waals surface area contributed by atoms with Crippen LogP contribution in [0.15, 0.2) is 43.0 Å². The minimum Gasteiger partial charge on any atom is -0.490 e. The van der Waals surface area contributed by atoms with Gasteiger partial charge in [0.1, 0.15) is 29.7 Å². The van der Waals surface area contributed by atoms with Gasteiger partial charge in [-0.15, -0.1) is 0 Å². The summed E-state index contributed by atoms with van der Waals surface area (Å²) in [6, 6.07) is 5.93. The highest BCUT2D eigenvalue weighted by Gasteiger charge is 2.54. The van der Waals surface area contributed by atoms with Crippen molar-refractivity contribution in [2.24, 2.45) is 5.41 Å². The Labute approximate surface area is 287 Å². The molecule has 2 aromatic heterocycles. The number of halogens is 1. The summed E-state index contributed by atoms with van der Waals surface area (Å²) in [6.07, 6.45) is 8.23. The highest BCUT2D eigenvalue weighted by atomic mass is 19.1. The molecule has 1 aromatic carbocycles. The van der Waals surface area contributed by atoms with Crippen molar-refractivity contribution in [3.8, 4) is 17.2 Å². The van der Waals surface area contributed by atoms with Crippen molar-refractivity contribution in [1.29, 1.82) is 0 Å².